The molecule has 0 fully saturated rings. The van der Waals surface area contributed by atoms with Crippen LogP contribution in [0, 0.1) is 0 Å². The van der Waals surface area contributed by atoms with Gasteiger partial charge >= 0.3 is 5.97 Å². The lowest BCUT2D eigenvalue weighted by atomic mass is 9.91. The number of ether oxygens (including phenoxy) is 1. The van der Waals surface area contributed by atoms with Crippen LogP contribution in [0.5, 0.6) is 0 Å². The molecule has 1 unspecified atom stereocenters. The van der Waals surface area contributed by atoms with Crippen molar-refractivity contribution in [2.24, 2.45) is 0 Å². The number of methoxy groups -OCH3 is 1. The van der Waals surface area contributed by atoms with Gasteiger partial charge in [-0.1, -0.05) is 12.1 Å². The minimum atomic E-state index is -0.278. The van der Waals surface area contributed by atoms with Crippen LogP contribution in [-0.2, 0) is 16.1 Å². The number of imidazole rings is 1. The van der Waals surface area contributed by atoms with Crippen molar-refractivity contribution in [2.45, 2.75) is 18.9 Å². The molecule has 1 aliphatic carbocycles. The van der Waals surface area contributed by atoms with Crippen LogP contribution in [0.3, 0.4) is 0 Å². The predicted molar refractivity (Wildman–Crippen MR) is 74.0 cm³/mol. The van der Waals surface area contributed by atoms with Crippen molar-refractivity contribution in [3.05, 3.63) is 53.9 Å². The molecule has 5 heteroatoms. The van der Waals surface area contributed by atoms with Gasteiger partial charge in [0.15, 0.2) is 0 Å². The van der Waals surface area contributed by atoms with Crippen molar-refractivity contribution in [3.8, 4) is 0 Å². The van der Waals surface area contributed by atoms with E-state index >= 15 is 0 Å². The summed E-state index contributed by atoms with van der Waals surface area (Å²) in [7, 11) is 1.39. The zero-order chi connectivity index (χ0) is 13.9. The van der Waals surface area contributed by atoms with Crippen LogP contribution in [-0.4, -0.2) is 27.6 Å². The van der Waals surface area contributed by atoms with Gasteiger partial charge in [0.05, 0.1) is 24.8 Å². The second-order valence-electron chi connectivity index (χ2n) is 4.66. The maximum atomic E-state index is 11.5. The van der Waals surface area contributed by atoms with Crippen LogP contribution in [0.1, 0.15) is 29.4 Å². The summed E-state index contributed by atoms with van der Waals surface area (Å²) in [5, 5.41) is 0. The number of pyridine rings is 1. The Labute approximate surface area is 116 Å². The summed E-state index contributed by atoms with van der Waals surface area (Å²) in [5.74, 6) is -0.150. The van der Waals surface area contributed by atoms with E-state index in [1.165, 1.54) is 7.11 Å². The Bertz CT molecular complexity index is 646. The summed E-state index contributed by atoms with van der Waals surface area (Å²) in [6.45, 7) is 0.177. The van der Waals surface area contributed by atoms with E-state index in [2.05, 4.69) is 16.0 Å². The Morgan fingerprint density at radius 1 is 1.45 bits per heavy atom. The Morgan fingerprint density at radius 2 is 2.35 bits per heavy atom. The molecule has 0 saturated carbocycles. The number of allylic oxidation sites excluding steroid dienone is 1. The largest absolute Gasteiger partial charge is 0.468 e. The highest BCUT2D eigenvalue weighted by atomic mass is 16.5. The minimum Gasteiger partial charge on any atom is -0.468 e. The fourth-order valence-corrected chi connectivity index (χ4v) is 2.51. The standard InChI is InChI=1S/C15H15N3O2/c1-20-14(19)9-18-10-17-13-7-4-5-11(15(13)18)12-6-2-3-8-16-12/h2-4,6-8,10-11H,5,9H2,1H3. The van der Waals surface area contributed by atoms with Crippen molar-refractivity contribution in [1.29, 1.82) is 0 Å². The molecular weight excluding hydrogens is 254 g/mol. The van der Waals surface area contributed by atoms with Gasteiger partial charge in [-0.2, -0.15) is 0 Å². The Hall–Kier alpha value is -2.43. The molecule has 2 aromatic heterocycles. The summed E-state index contributed by atoms with van der Waals surface area (Å²) >= 11 is 0. The molecule has 0 spiro atoms. The first-order valence-corrected chi connectivity index (χ1v) is 6.49. The van der Waals surface area contributed by atoms with Gasteiger partial charge < -0.3 is 9.30 Å². The Balaban J connectivity index is 2.01. The predicted octanol–water partition coefficient (Wildman–Crippen LogP) is 2.00. The number of hydrogen-bond acceptors (Lipinski definition) is 4. The van der Waals surface area contributed by atoms with Crippen molar-refractivity contribution >= 4 is 12.0 Å². The van der Waals surface area contributed by atoms with E-state index in [9.17, 15) is 4.79 Å². The van der Waals surface area contributed by atoms with Crippen molar-refractivity contribution in [2.75, 3.05) is 7.11 Å². The molecule has 0 N–H and O–H groups in total. The van der Waals surface area contributed by atoms with E-state index in [1.807, 2.05) is 28.8 Å². The smallest absolute Gasteiger partial charge is 0.325 e. The molecule has 102 valence electrons. The molecule has 0 aliphatic heterocycles. The average Bonchev–Trinajstić information content (AvgIpc) is 2.91. The van der Waals surface area contributed by atoms with Crippen molar-refractivity contribution < 1.29 is 9.53 Å². The Morgan fingerprint density at radius 3 is 3.10 bits per heavy atom. The van der Waals surface area contributed by atoms with Gasteiger partial charge in [0.2, 0.25) is 0 Å². The highest BCUT2D eigenvalue weighted by Crippen LogP contribution is 2.33. The topological polar surface area (TPSA) is 57.0 Å². The fourth-order valence-electron chi connectivity index (χ4n) is 2.51. The lowest BCUT2D eigenvalue weighted by Crippen LogP contribution is -2.17. The minimum absolute atomic E-state index is 0.128. The van der Waals surface area contributed by atoms with Gasteiger partial charge in [0.1, 0.15) is 6.54 Å². The number of carbonyl (C=O) groups excluding carboxylic acids is 1. The lowest BCUT2D eigenvalue weighted by molar-refractivity contribution is -0.141. The van der Waals surface area contributed by atoms with Crippen LogP contribution in [0.25, 0.3) is 6.08 Å². The first kappa shape index (κ1) is 12.6. The second-order valence-corrected chi connectivity index (χ2v) is 4.66. The van der Waals surface area contributed by atoms with Gasteiger partial charge in [0.25, 0.3) is 0 Å². The van der Waals surface area contributed by atoms with Gasteiger partial charge in [-0.05, 0) is 24.6 Å². The molecule has 1 aliphatic rings. The molecule has 20 heavy (non-hydrogen) atoms. The van der Waals surface area contributed by atoms with Gasteiger partial charge in [-0.15, -0.1) is 0 Å². The zero-order valence-corrected chi connectivity index (χ0v) is 11.2. The summed E-state index contributed by atoms with van der Waals surface area (Å²) < 4.78 is 6.59. The molecule has 2 heterocycles. The molecule has 1 atom stereocenters. The molecule has 2 aromatic rings. The molecule has 3 rings (SSSR count). The quantitative estimate of drug-likeness (QED) is 0.800. The van der Waals surface area contributed by atoms with Crippen LogP contribution < -0.4 is 0 Å². The number of nitrogens with zero attached hydrogens (tertiary/aromatic N) is 3. The number of rotatable bonds is 3. The zero-order valence-electron chi connectivity index (χ0n) is 11.2. The van der Waals surface area contributed by atoms with Crippen LogP contribution in [0.15, 0.2) is 36.8 Å². The second kappa shape index (κ2) is 5.28. The highest BCUT2D eigenvalue weighted by Gasteiger charge is 2.25. The van der Waals surface area contributed by atoms with E-state index in [-0.39, 0.29) is 18.4 Å². The summed E-state index contributed by atoms with van der Waals surface area (Å²) in [6, 6.07) is 5.87. The van der Waals surface area contributed by atoms with Crippen molar-refractivity contribution in [1.82, 2.24) is 14.5 Å². The number of carbonyl (C=O) groups is 1. The first-order chi connectivity index (χ1) is 9.79. The highest BCUT2D eigenvalue weighted by molar-refractivity contribution is 5.69. The Kier molecular flexibility index (Phi) is 3.33. The SMILES string of the molecule is COC(=O)Cn1cnc2c1C(c1ccccn1)CC=C2. The van der Waals surface area contributed by atoms with E-state index in [0.717, 1.165) is 23.5 Å². The third kappa shape index (κ3) is 2.22. The van der Waals surface area contributed by atoms with Crippen LogP contribution in [0.2, 0.25) is 0 Å². The van der Waals surface area contributed by atoms with E-state index in [0.29, 0.717) is 0 Å². The third-order valence-electron chi connectivity index (χ3n) is 3.46. The maximum absolute atomic E-state index is 11.5. The average molecular weight is 269 g/mol. The normalized spacial score (nSPS) is 16.8. The molecular formula is C15H15N3O2. The fraction of sp³-hybridized carbons (Fsp3) is 0.267. The summed E-state index contributed by atoms with van der Waals surface area (Å²) in [4.78, 5) is 20.3. The maximum Gasteiger partial charge on any atom is 0.325 e. The molecule has 0 bridgehead atoms. The van der Waals surface area contributed by atoms with Gasteiger partial charge in [-0.25, -0.2) is 4.98 Å². The van der Waals surface area contributed by atoms with Crippen LogP contribution >= 0.6 is 0 Å². The van der Waals surface area contributed by atoms with Gasteiger partial charge in [0, 0.05) is 17.8 Å². The van der Waals surface area contributed by atoms with E-state index in [1.54, 1.807) is 12.5 Å². The van der Waals surface area contributed by atoms with Gasteiger partial charge in [-0.3, -0.25) is 9.78 Å². The summed E-state index contributed by atoms with van der Waals surface area (Å²) in [6.07, 6.45) is 8.41. The lowest BCUT2D eigenvalue weighted by Gasteiger charge is -2.20. The summed E-state index contributed by atoms with van der Waals surface area (Å²) in [5.41, 5.74) is 2.91. The first-order valence-electron chi connectivity index (χ1n) is 6.49. The number of esters is 1. The van der Waals surface area contributed by atoms with Crippen molar-refractivity contribution in [3.63, 3.8) is 0 Å². The number of hydrogen-bond donors (Lipinski definition) is 0. The number of fused-ring (bicyclic) bond motifs is 1. The molecule has 0 saturated heterocycles. The van der Waals surface area contributed by atoms with Crippen LogP contribution in [0.4, 0.5) is 0 Å². The number of aromatic nitrogens is 3. The monoisotopic (exact) mass is 269 g/mol. The van der Waals surface area contributed by atoms with E-state index in [4.69, 9.17) is 4.74 Å². The molecule has 0 amide bonds. The third-order valence-corrected chi connectivity index (χ3v) is 3.46. The molecule has 0 radical (unpaired) electrons. The molecule has 5 nitrogen and oxygen atoms in total. The molecule has 0 aromatic carbocycles. The van der Waals surface area contributed by atoms with E-state index < -0.39 is 0 Å².